The smallest absolute Gasteiger partial charge is 0.303 e. The number of carboxylic acid groups (broad SMARTS) is 1. The zero-order valence-electron chi connectivity index (χ0n) is 37.3. The molecule has 6 aromatic rings. The number of carbonyl (C=O) groups is 6. The van der Waals surface area contributed by atoms with E-state index in [0.29, 0.717) is 5.75 Å². The molecule has 4 aromatic carbocycles. The van der Waals surface area contributed by atoms with Crippen molar-refractivity contribution in [2.45, 2.75) is 46.1 Å². The Morgan fingerprint density at radius 3 is 1.86 bits per heavy atom. The number of fused-ring (bicyclic) bond motifs is 1. The molecule has 2 heterocycles. The monoisotopic (exact) mass is 895 g/mol. The Bertz CT molecular complexity index is 2450. The van der Waals surface area contributed by atoms with Crippen molar-refractivity contribution in [1.29, 1.82) is 0 Å². The van der Waals surface area contributed by atoms with E-state index in [1.807, 2.05) is 105 Å². The number of terminal acetylenes is 1. The molecule has 7 N–H and O–H groups in total. The molecule has 0 aliphatic rings. The predicted molar refractivity (Wildman–Crippen MR) is 255 cm³/mol. The standard InChI is InChI=1S/C34H39N5O8.C9H9N.C6H7N.C2H2/c1-23-9-15-27(16-10-23)47-22-32(43)37-21-31(42)39-28(18-24-11-13-26(14-12-24)25-6-3-2-4-7-25)34(46)38-20-30(41)36-19-29(40)35-17-5-8-33(44)45;1-7-6-10-9-5-3-2-4-8(7)9;1-6-2-4-7-5-3-6;1-2/h2-4,6-7,9-16,28H,5,8,17-22H2,1H3,(H,35,40)(H,36,41)(H,37,43)(H,38,46)(H,39,42)(H,44,45);2-6,10H,1H3;2-5H,1H3;1-2H/t28-;;;/m1.../s1. The highest BCUT2D eigenvalue weighted by Gasteiger charge is 2.22. The lowest BCUT2D eigenvalue weighted by atomic mass is 10.00. The average molecular weight is 896 g/mol. The number of hydrogen-bond donors (Lipinski definition) is 7. The van der Waals surface area contributed by atoms with E-state index in [0.717, 1.165) is 22.3 Å². The van der Waals surface area contributed by atoms with Gasteiger partial charge in [0.1, 0.15) is 11.8 Å². The van der Waals surface area contributed by atoms with Crippen molar-refractivity contribution in [1.82, 2.24) is 36.6 Å². The minimum absolute atomic E-state index is 0.0947. The number of rotatable bonds is 18. The molecule has 344 valence electrons. The Hall–Kier alpha value is -8.25. The van der Waals surface area contributed by atoms with E-state index in [1.54, 1.807) is 24.5 Å². The summed E-state index contributed by atoms with van der Waals surface area (Å²) >= 11 is 0. The Morgan fingerprint density at radius 2 is 1.23 bits per heavy atom. The summed E-state index contributed by atoms with van der Waals surface area (Å²) in [5, 5.41) is 22.4. The van der Waals surface area contributed by atoms with Gasteiger partial charge in [-0.25, -0.2) is 0 Å². The summed E-state index contributed by atoms with van der Waals surface area (Å²) in [6.07, 6.45) is 13.9. The van der Waals surface area contributed by atoms with Crippen LogP contribution in [0.25, 0.3) is 22.0 Å². The van der Waals surface area contributed by atoms with Crippen molar-refractivity contribution in [3.05, 3.63) is 156 Å². The Balaban J connectivity index is 0.000000495. The van der Waals surface area contributed by atoms with Crippen LogP contribution in [0.3, 0.4) is 0 Å². The van der Waals surface area contributed by atoms with Gasteiger partial charge < -0.3 is 41.4 Å². The summed E-state index contributed by atoms with van der Waals surface area (Å²) in [6, 6.07) is 35.5. The Labute approximate surface area is 385 Å². The number of aromatic amines is 1. The van der Waals surface area contributed by atoms with Crippen LogP contribution in [0.1, 0.15) is 35.1 Å². The van der Waals surface area contributed by atoms with Crippen LogP contribution < -0.4 is 31.3 Å². The van der Waals surface area contributed by atoms with Crippen molar-refractivity contribution in [2.75, 3.05) is 32.8 Å². The molecule has 2 aromatic heterocycles. The highest BCUT2D eigenvalue weighted by molar-refractivity contribution is 5.93. The molecule has 0 bridgehead atoms. The summed E-state index contributed by atoms with van der Waals surface area (Å²) in [4.78, 5) is 79.9. The number of aryl methyl sites for hydroxylation is 3. The van der Waals surface area contributed by atoms with Gasteiger partial charge in [0, 0.05) is 48.9 Å². The second-order valence-electron chi connectivity index (χ2n) is 14.6. The van der Waals surface area contributed by atoms with Gasteiger partial charge in [0.2, 0.25) is 23.6 Å². The number of benzene rings is 4. The minimum atomic E-state index is -1.09. The zero-order valence-corrected chi connectivity index (χ0v) is 37.3. The van der Waals surface area contributed by atoms with Crippen LogP contribution >= 0.6 is 0 Å². The van der Waals surface area contributed by atoms with E-state index in [4.69, 9.17) is 9.84 Å². The second kappa shape index (κ2) is 29.2. The van der Waals surface area contributed by atoms with E-state index in [2.05, 4.69) is 74.5 Å². The Morgan fingerprint density at radius 1 is 0.652 bits per heavy atom. The fourth-order valence-electron chi connectivity index (χ4n) is 5.87. The fourth-order valence-corrected chi connectivity index (χ4v) is 5.87. The van der Waals surface area contributed by atoms with Gasteiger partial charge in [-0.15, -0.1) is 12.8 Å². The SMILES string of the molecule is C#C.Cc1c[nH]c2ccccc12.Cc1ccc(OCC(=O)NCC(=O)N[C@H](Cc2ccc(-c3ccccc3)cc2)C(=O)NCC(=O)NCC(=O)NCCCC(=O)O)cc1.Cc1ccncc1. The van der Waals surface area contributed by atoms with E-state index < -0.39 is 54.6 Å². The molecule has 66 heavy (non-hydrogen) atoms. The number of para-hydroxylation sites is 1. The number of nitrogens with one attached hydrogen (secondary N) is 6. The number of nitrogens with zero attached hydrogens (tertiary/aromatic N) is 1. The van der Waals surface area contributed by atoms with Crippen LogP contribution in [0.15, 0.2) is 134 Å². The molecule has 0 aliphatic carbocycles. The van der Waals surface area contributed by atoms with Crippen molar-refractivity contribution in [3.8, 4) is 29.7 Å². The first-order valence-corrected chi connectivity index (χ1v) is 21.0. The molecule has 6 rings (SSSR count). The van der Waals surface area contributed by atoms with E-state index in [-0.39, 0.29) is 39.0 Å². The Kier molecular flexibility index (Phi) is 23.0. The molecule has 0 aliphatic heterocycles. The molecule has 15 heteroatoms. The summed E-state index contributed by atoms with van der Waals surface area (Å²) in [7, 11) is 0. The normalized spacial score (nSPS) is 10.4. The lowest BCUT2D eigenvalue weighted by Gasteiger charge is -2.19. The molecular weight excluding hydrogens is 839 g/mol. The summed E-state index contributed by atoms with van der Waals surface area (Å²) < 4.78 is 5.42. The number of ether oxygens (including phenoxy) is 1. The molecule has 5 amide bonds. The fraction of sp³-hybridized carbons (Fsp3) is 0.235. The van der Waals surface area contributed by atoms with Gasteiger partial charge in [0.05, 0.1) is 19.6 Å². The van der Waals surface area contributed by atoms with Crippen LogP contribution in [0.5, 0.6) is 5.75 Å². The van der Waals surface area contributed by atoms with Gasteiger partial charge in [0.15, 0.2) is 6.61 Å². The molecule has 0 spiro atoms. The first-order valence-electron chi connectivity index (χ1n) is 21.0. The highest BCUT2D eigenvalue weighted by atomic mass is 16.5. The average Bonchev–Trinajstić information content (AvgIpc) is 3.72. The lowest BCUT2D eigenvalue weighted by Crippen LogP contribution is -2.52. The van der Waals surface area contributed by atoms with Gasteiger partial charge >= 0.3 is 5.97 Å². The number of aliphatic carboxylic acids is 1. The summed E-state index contributed by atoms with van der Waals surface area (Å²) in [6.45, 7) is 4.69. The zero-order chi connectivity index (χ0) is 48.1. The maximum absolute atomic E-state index is 13.1. The number of hydrogen-bond acceptors (Lipinski definition) is 8. The van der Waals surface area contributed by atoms with Crippen LogP contribution in [0.2, 0.25) is 0 Å². The third-order valence-electron chi connectivity index (χ3n) is 9.39. The largest absolute Gasteiger partial charge is 0.484 e. The molecule has 0 saturated carbocycles. The first-order chi connectivity index (χ1) is 31.9. The second-order valence-corrected chi connectivity index (χ2v) is 14.6. The molecule has 1 atom stereocenters. The van der Waals surface area contributed by atoms with Gasteiger partial charge in [-0.05, 0) is 85.3 Å². The maximum atomic E-state index is 13.1. The molecule has 0 fully saturated rings. The highest BCUT2D eigenvalue weighted by Crippen LogP contribution is 2.20. The van der Waals surface area contributed by atoms with Crippen molar-refractivity contribution in [2.24, 2.45) is 0 Å². The molecule has 0 unspecified atom stereocenters. The quantitative estimate of drug-likeness (QED) is 0.0444. The number of pyridine rings is 1. The van der Waals surface area contributed by atoms with Crippen LogP contribution in [0, 0.1) is 33.6 Å². The van der Waals surface area contributed by atoms with Gasteiger partial charge in [0.25, 0.3) is 5.91 Å². The number of amides is 5. The van der Waals surface area contributed by atoms with Crippen LogP contribution in [-0.4, -0.2) is 89.4 Å². The molecule has 0 saturated heterocycles. The van der Waals surface area contributed by atoms with Crippen molar-refractivity contribution < 1.29 is 38.6 Å². The summed E-state index contributed by atoms with van der Waals surface area (Å²) in [5.74, 6) is -3.42. The van der Waals surface area contributed by atoms with Crippen molar-refractivity contribution in [3.63, 3.8) is 0 Å². The van der Waals surface area contributed by atoms with Gasteiger partial charge in [-0.3, -0.25) is 33.8 Å². The lowest BCUT2D eigenvalue weighted by molar-refractivity contribution is -0.137. The third kappa shape index (κ3) is 20.3. The third-order valence-corrected chi connectivity index (χ3v) is 9.39. The first kappa shape index (κ1) is 52.1. The molecular formula is C51H57N7O8. The minimum Gasteiger partial charge on any atom is -0.484 e. The molecule has 0 radical (unpaired) electrons. The van der Waals surface area contributed by atoms with E-state index in [1.165, 1.54) is 22.0 Å². The van der Waals surface area contributed by atoms with Crippen molar-refractivity contribution >= 4 is 46.4 Å². The topological polar surface area (TPSA) is 221 Å². The maximum Gasteiger partial charge on any atom is 0.303 e. The summed E-state index contributed by atoms with van der Waals surface area (Å²) in [5.41, 5.74) is 7.57. The van der Waals surface area contributed by atoms with E-state index in [9.17, 15) is 28.8 Å². The number of carboxylic acids is 1. The van der Waals surface area contributed by atoms with Crippen LogP contribution in [0.4, 0.5) is 0 Å². The molecule has 15 nitrogen and oxygen atoms in total. The van der Waals surface area contributed by atoms with Gasteiger partial charge in [-0.2, -0.15) is 0 Å². The number of carbonyl (C=O) groups excluding carboxylic acids is 5. The number of H-pyrrole nitrogens is 1. The van der Waals surface area contributed by atoms with E-state index >= 15 is 0 Å². The number of aromatic nitrogens is 2. The predicted octanol–water partition coefficient (Wildman–Crippen LogP) is 5.21. The van der Waals surface area contributed by atoms with Crippen LogP contribution in [-0.2, 0) is 35.2 Å². The van der Waals surface area contributed by atoms with Gasteiger partial charge in [-0.1, -0.05) is 90.5 Å².